The molecule has 2 heterocycles. The summed E-state index contributed by atoms with van der Waals surface area (Å²) in [5.74, 6) is -0.553. The molecular formula is C34H65N3O3. The number of amides is 2. The Bertz CT molecular complexity index is 750. The molecule has 0 bridgehead atoms. The van der Waals surface area contributed by atoms with Crippen LogP contribution in [0.15, 0.2) is 0 Å². The summed E-state index contributed by atoms with van der Waals surface area (Å²) in [5, 5.41) is 3.65. The zero-order chi connectivity index (χ0) is 29.7. The van der Waals surface area contributed by atoms with Gasteiger partial charge in [0.25, 0.3) is 11.8 Å². The second-order valence-electron chi connectivity index (χ2n) is 14.4. The van der Waals surface area contributed by atoms with Crippen LogP contribution in [-0.4, -0.2) is 45.7 Å². The Morgan fingerprint density at radius 2 is 1.12 bits per heavy atom. The lowest BCUT2D eigenvalue weighted by Crippen LogP contribution is -2.65. The molecule has 1 spiro atoms. The molecule has 1 unspecified atom stereocenters. The molecule has 0 aliphatic carbocycles. The van der Waals surface area contributed by atoms with E-state index in [4.69, 9.17) is 10.5 Å². The maximum absolute atomic E-state index is 14.1. The lowest BCUT2D eigenvalue weighted by Gasteiger charge is -2.50. The predicted octanol–water partition coefficient (Wildman–Crippen LogP) is 8.16. The van der Waals surface area contributed by atoms with Crippen LogP contribution in [0.4, 0.5) is 0 Å². The van der Waals surface area contributed by atoms with Gasteiger partial charge in [-0.1, -0.05) is 117 Å². The van der Waals surface area contributed by atoms with Gasteiger partial charge >= 0.3 is 0 Å². The fourth-order valence-electron chi connectivity index (χ4n) is 7.56. The highest BCUT2D eigenvalue weighted by Crippen LogP contribution is 2.49. The molecule has 0 aromatic rings. The molecule has 2 fully saturated rings. The van der Waals surface area contributed by atoms with E-state index in [-0.39, 0.29) is 17.0 Å². The number of nitrogens with two attached hydrogens (primary N) is 1. The Kier molecular flexibility index (Phi) is 14.4. The van der Waals surface area contributed by atoms with E-state index in [1.807, 2.05) is 0 Å². The van der Waals surface area contributed by atoms with Gasteiger partial charge in [0.1, 0.15) is 0 Å². The highest BCUT2D eigenvalue weighted by Gasteiger charge is 2.66. The summed E-state index contributed by atoms with van der Waals surface area (Å²) < 4.78 is 6.68. The van der Waals surface area contributed by atoms with Crippen LogP contribution in [0.2, 0.25) is 0 Å². The quantitative estimate of drug-likeness (QED) is 0.138. The third kappa shape index (κ3) is 10.3. The summed E-state index contributed by atoms with van der Waals surface area (Å²) in [7, 11) is 0. The number of hydrogen-bond acceptors (Lipinski definition) is 4. The van der Waals surface area contributed by atoms with Gasteiger partial charge in [0.15, 0.2) is 5.60 Å². The number of ether oxygens (including phenoxy) is 1. The molecule has 2 aliphatic rings. The lowest BCUT2D eigenvalue weighted by molar-refractivity contribution is -0.184. The summed E-state index contributed by atoms with van der Waals surface area (Å²) in [6.45, 7) is 13.4. The lowest BCUT2D eigenvalue weighted by atomic mass is 9.72. The summed E-state index contributed by atoms with van der Waals surface area (Å²) in [5.41, 5.74) is 3.14. The first-order chi connectivity index (χ1) is 18.9. The van der Waals surface area contributed by atoms with Crippen LogP contribution in [0.3, 0.4) is 0 Å². The highest BCUT2D eigenvalue weighted by molar-refractivity contribution is 5.96. The smallest absolute Gasteiger partial charge is 0.271 e. The number of carbonyl (C=O) groups is 2. The number of primary amides is 1. The van der Waals surface area contributed by atoms with Crippen molar-refractivity contribution in [3.05, 3.63) is 0 Å². The Morgan fingerprint density at radius 3 is 1.52 bits per heavy atom. The first kappa shape index (κ1) is 35.1. The standard InChI is InChI=1S/C34H65N3O3/c1-7-9-11-12-13-14-15-16-17-18-19-20-21-22-23-24-26-37-30(39)33(27-31(3,4)36-32(5,6)28-33)40-34(37,29(35)38)25-10-8-2/h36H,7-28H2,1-6H3,(H2,35,38). The normalized spacial score (nSPS) is 23.2. The average Bonchev–Trinajstić information content (AvgIpc) is 3.07. The highest BCUT2D eigenvalue weighted by atomic mass is 16.6. The van der Waals surface area contributed by atoms with E-state index in [9.17, 15) is 9.59 Å². The van der Waals surface area contributed by atoms with Gasteiger partial charge in [-0.05, 0) is 40.5 Å². The molecule has 2 amide bonds. The fourth-order valence-corrected chi connectivity index (χ4v) is 7.56. The zero-order valence-corrected chi connectivity index (χ0v) is 27.3. The topological polar surface area (TPSA) is 84.7 Å². The Labute approximate surface area is 247 Å². The number of piperidine rings is 1. The SMILES string of the molecule is CCCCCCCCCCCCCCCCCCN1C(=O)C2(CC(C)(C)NC(C)(C)C2)OC1(CCCC)C(N)=O. The van der Waals surface area contributed by atoms with Crippen LogP contribution >= 0.6 is 0 Å². The molecule has 1 atom stereocenters. The van der Waals surface area contributed by atoms with E-state index < -0.39 is 17.2 Å². The zero-order valence-electron chi connectivity index (χ0n) is 27.3. The molecule has 40 heavy (non-hydrogen) atoms. The third-order valence-electron chi connectivity index (χ3n) is 9.06. The third-order valence-corrected chi connectivity index (χ3v) is 9.06. The second-order valence-corrected chi connectivity index (χ2v) is 14.4. The van der Waals surface area contributed by atoms with Gasteiger partial charge in [0.2, 0.25) is 5.72 Å². The van der Waals surface area contributed by atoms with Crippen molar-refractivity contribution in [2.45, 2.75) is 199 Å². The molecule has 2 rings (SSSR count). The number of nitrogens with zero attached hydrogens (tertiary/aromatic N) is 1. The molecular weight excluding hydrogens is 498 g/mol. The molecule has 2 saturated heterocycles. The van der Waals surface area contributed by atoms with E-state index in [0.717, 1.165) is 25.7 Å². The van der Waals surface area contributed by atoms with E-state index >= 15 is 0 Å². The van der Waals surface area contributed by atoms with Crippen molar-refractivity contribution in [2.24, 2.45) is 5.73 Å². The van der Waals surface area contributed by atoms with Gasteiger partial charge in [0, 0.05) is 36.9 Å². The Morgan fingerprint density at radius 1 is 0.725 bits per heavy atom. The number of unbranched alkanes of at least 4 members (excludes halogenated alkanes) is 16. The molecule has 0 saturated carbocycles. The molecule has 0 radical (unpaired) electrons. The first-order valence-corrected chi connectivity index (χ1v) is 17.1. The summed E-state index contributed by atoms with van der Waals surface area (Å²) in [4.78, 5) is 28.8. The van der Waals surface area contributed by atoms with Crippen LogP contribution in [0, 0.1) is 0 Å². The summed E-state index contributed by atoms with van der Waals surface area (Å²) in [6, 6.07) is 0. The van der Waals surface area contributed by atoms with Crippen LogP contribution in [-0.2, 0) is 14.3 Å². The Hall–Kier alpha value is -1.14. The van der Waals surface area contributed by atoms with Crippen LogP contribution < -0.4 is 11.1 Å². The second kappa shape index (κ2) is 16.5. The van der Waals surface area contributed by atoms with E-state index in [1.54, 1.807) is 4.90 Å². The first-order valence-electron chi connectivity index (χ1n) is 17.1. The molecule has 6 heteroatoms. The van der Waals surface area contributed by atoms with E-state index in [2.05, 4.69) is 46.9 Å². The number of hydrogen-bond donors (Lipinski definition) is 2. The van der Waals surface area contributed by atoms with Crippen molar-refractivity contribution in [2.75, 3.05) is 6.54 Å². The minimum atomic E-state index is -1.33. The van der Waals surface area contributed by atoms with Crippen molar-refractivity contribution in [3.63, 3.8) is 0 Å². The summed E-state index contributed by atoms with van der Waals surface area (Å²) in [6.07, 6.45) is 24.2. The molecule has 2 aliphatic heterocycles. The van der Waals surface area contributed by atoms with E-state index in [1.165, 1.54) is 89.9 Å². The minimum Gasteiger partial charge on any atom is -0.365 e. The largest absolute Gasteiger partial charge is 0.365 e. The molecule has 3 N–H and O–H groups in total. The van der Waals surface area contributed by atoms with Gasteiger partial charge in [-0.2, -0.15) is 0 Å². The fraction of sp³-hybridized carbons (Fsp3) is 0.941. The Balaban J connectivity index is 1.78. The van der Waals surface area contributed by atoms with Gasteiger partial charge in [0.05, 0.1) is 0 Å². The van der Waals surface area contributed by atoms with Crippen molar-refractivity contribution in [1.29, 1.82) is 0 Å². The maximum Gasteiger partial charge on any atom is 0.271 e. The maximum atomic E-state index is 14.1. The number of rotatable bonds is 21. The van der Waals surface area contributed by atoms with Crippen LogP contribution in [0.5, 0.6) is 0 Å². The summed E-state index contributed by atoms with van der Waals surface area (Å²) >= 11 is 0. The van der Waals surface area contributed by atoms with Gasteiger partial charge in [-0.15, -0.1) is 0 Å². The molecule has 6 nitrogen and oxygen atoms in total. The van der Waals surface area contributed by atoms with Crippen molar-refractivity contribution >= 4 is 11.8 Å². The molecule has 234 valence electrons. The van der Waals surface area contributed by atoms with E-state index in [0.29, 0.717) is 25.8 Å². The van der Waals surface area contributed by atoms with Gasteiger partial charge in [-0.25, -0.2) is 0 Å². The monoisotopic (exact) mass is 564 g/mol. The number of nitrogens with one attached hydrogen (secondary N) is 1. The average molecular weight is 564 g/mol. The predicted molar refractivity (Wildman–Crippen MR) is 167 cm³/mol. The van der Waals surface area contributed by atoms with Crippen molar-refractivity contribution in [3.8, 4) is 0 Å². The molecule has 0 aromatic carbocycles. The number of carbonyl (C=O) groups excluding carboxylic acids is 2. The van der Waals surface area contributed by atoms with Crippen molar-refractivity contribution < 1.29 is 14.3 Å². The minimum absolute atomic E-state index is 0.0361. The van der Waals surface area contributed by atoms with Crippen LogP contribution in [0.25, 0.3) is 0 Å². The van der Waals surface area contributed by atoms with Crippen molar-refractivity contribution in [1.82, 2.24) is 10.2 Å². The molecule has 0 aromatic heterocycles. The van der Waals surface area contributed by atoms with Crippen LogP contribution in [0.1, 0.15) is 176 Å². The van der Waals surface area contributed by atoms with Gasteiger partial charge in [-0.3, -0.25) is 9.59 Å². The van der Waals surface area contributed by atoms with Gasteiger partial charge < -0.3 is 20.7 Å².